The third-order valence-corrected chi connectivity index (χ3v) is 3.36. The Morgan fingerprint density at radius 1 is 1.13 bits per heavy atom. The van der Waals surface area contributed by atoms with Crippen molar-refractivity contribution in [2.75, 3.05) is 18.0 Å². The minimum Gasteiger partial charge on any atom is -0.370 e. The lowest BCUT2D eigenvalue weighted by Gasteiger charge is -2.33. The van der Waals surface area contributed by atoms with Crippen molar-refractivity contribution in [2.45, 2.75) is 18.8 Å². The molecule has 0 N–H and O–H groups in total. The molecule has 0 saturated carbocycles. The normalized spacial score (nSPS) is 20.3. The number of hydrogen-bond donors (Lipinski definition) is 0. The van der Waals surface area contributed by atoms with Crippen molar-refractivity contribution in [3.8, 4) is 0 Å². The van der Waals surface area contributed by atoms with Crippen LogP contribution in [0.1, 0.15) is 12.8 Å². The summed E-state index contributed by atoms with van der Waals surface area (Å²) in [5, 5.41) is 0. The summed E-state index contributed by atoms with van der Waals surface area (Å²) in [6.07, 6.45) is -0.0946. The number of halogens is 3. The van der Waals surface area contributed by atoms with E-state index in [0.29, 0.717) is 13.1 Å². The minimum absolute atomic E-state index is 0.0473. The first-order valence-electron chi connectivity index (χ1n) is 4.96. The largest absolute Gasteiger partial charge is 0.370 e. The number of para-hydroxylation sites is 1. The topological polar surface area (TPSA) is 3.24 Å². The van der Waals surface area contributed by atoms with Gasteiger partial charge < -0.3 is 4.90 Å². The quantitative estimate of drug-likeness (QED) is 0.756. The van der Waals surface area contributed by atoms with Gasteiger partial charge in [-0.1, -0.05) is 12.1 Å². The van der Waals surface area contributed by atoms with E-state index in [9.17, 15) is 8.78 Å². The molecule has 1 aliphatic rings. The van der Waals surface area contributed by atoms with Crippen LogP contribution >= 0.6 is 15.9 Å². The maximum atomic E-state index is 13.0. The molecule has 1 saturated heterocycles. The predicted octanol–water partition coefficient (Wildman–Crippen LogP) is 3.68. The average Bonchev–Trinajstić information content (AvgIpc) is 2.19. The number of alkyl halides is 2. The molecule has 1 fully saturated rings. The van der Waals surface area contributed by atoms with E-state index in [0.717, 1.165) is 10.2 Å². The van der Waals surface area contributed by atoms with Gasteiger partial charge in [0.05, 0.1) is 5.69 Å². The molecule has 15 heavy (non-hydrogen) atoms. The van der Waals surface area contributed by atoms with E-state index in [1.54, 1.807) is 0 Å². The zero-order valence-electron chi connectivity index (χ0n) is 8.22. The SMILES string of the molecule is FC1(F)CCN(c2ccccc2Br)CC1. The Morgan fingerprint density at radius 3 is 2.33 bits per heavy atom. The molecule has 0 radical (unpaired) electrons. The monoisotopic (exact) mass is 275 g/mol. The van der Waals surface area contributed by atoms with Gasteiger partial charge in [0.15, 0.2) is 0 Å². The van der Waals surface area contributed by atoms with Gasteiger partial charge in [-0.3, -0.25) is 0 Å². The van der Waals surface area contributed by atoms with E-state index in [1.165, 1.54) is 0 Å². The molecule has 0 aliphatic carbocycles. The van der Waals surface area contributed by atoms with Gasteiger partial charge >= 0.3 is 0 Å². The molecule has 82 valence electrons. The Kier molecular flexibility index (Phi) is 2.96. The van der Waals surface area contributed by atoms with Crippen molar-refractivity contribution in [3.05, 3.63) is 28.7 Å². The molecule has 1 aliphatic heterocycles. The van der Waals surface area contributed by atoms with Crippen LogP contribution in [0.5, 0.6) is 0 Å². The molecular weight excluding hydrogens is 264 g/mol. The van der Waals surface area contributed by atoms with Crippen molar-refractivity contribution >= 4 is 21.6 Å². The van der Waals surface area contributed by atoms with Crippen LogP contribution in [0.3, 0.4) is 0 Å². The fourth-order valence-electron chi connectivity index (χ4n) is 1.78. The molecule has 0 bridgehead atoms. The van der Waals surface area contributed by atoms with E-state index in [4.69, 9.17) is 0 Å². The molecule has 4 heteroatoms. The number of anilines is 1. The molecule has 2 rings (SSSR count). The van der Waals surface area contributed by atoms with Gasteiger partial charge in [0, 0.05) is 30.4 Å². The van der Waals surface area contributed by atoms with Crippen LogP contribution in [-0.4, -0.2) is 19.0 Å². The second kappa shape index (κ2) is 4.08. The molecule has 1 aromatic rings. The van der Waals surface area contributed by atoms with Gasteiger partial charge in [-0.2, -0.15) is 0 Å². The number of piperidine rings is 1. The van der Waals surface area contributed by atoms with Crippen LogP contribution in [0.15, 0.2) is 28.7 Å². The minimum atomic E-state index is -2.47. The maximum Gasteiger partial charge on any atom is 0.251 e. The van der Waals surface area contributed by atoms with Gasteiger partial charge in [-0.25, -0.2) is 8.78 Å². The maximum absolute atomic E-state index is 13.0. The highest BCUT2D eigenvalue weighted by molar-refractivity contribution is 9.10. The fraction of sp³-hybridized carbons (Fsp3) is 0.455. The summed E-state index contributed by atoms with van der Waals surface area (Å²) in [4.78, 5) is 2.00. The predicted molar refractivity (Wildman–Crippen MR) is 60.5 cm³/mol. The first-order valence-corrected chi connectivity index (χ1v) is 5.75. The van der Waals surface area contributed by atoms with E-state index < -0.39 is 5.92 Å². The Hall–Kier alpha value is -0.640. The van der Waals surface area contributed by atoms with Gasteiger partial charge in [0.25, 0.3) is 5.92 Å². The Labute approximate surface area is 96.2 Å². The summed E-state index contributed by atoms with van der Waals surface area (Å²) >= 11 is 3.43. The van der Waals surface area contributed by atoms with Crippen LogP contribution in [0.2, 0.25) is 0 Å². The lowest BCUT2D eigenvalue weighted by atomic mass is 10.1. The number of benzene rings is 1. The highest BCUT2D eigenvalue weighted by Crippen LogP contribution is 2.33. The summed E-state index contributed by atoms with van der Waals surface area (Å²) in [6.45, 7) is 0.852. The van der Waals surface area contributed by atoms with Gasteiger partial charge in [-0.05, 0) is 28.1 Å². The second-order valence-corrected chi connectivity index (χ2v) is 4.65. The molecule has 0 aromatic heterocycles. The standard InChI is InChI=1S/C11H12BrF2N/c12-9-3-1-2-4-10(9)15-7-5-11(13,14)6-8-15/h1-4H,5-8H2. The second-order valence-electron chi connectivity index (χ2n) is 3.79. The molecule has 1 aromatic carbocycles. The smallest absolute Gasteiger partial charge is 0.251 e. The highest BCUT2D eigenvalue weighted by Gasteiger charge is 2.34. The van der Waals surface area contributed by atoms with Crippen molar-refractivity contribution < 1.29 is 8.78 Å². The summed E-state index contributed by atoms with van der Waals surface area (Å²) in [6, 6.07) is 7.73. The van der Waals surface area contributed by atoms with E-state index in [2.05, 4.69) is 15.9 Å². The van der Waals surface area contributed by atoms with Crippen LogP contribution in [0, 0.1) is 0 Å². The molecule has 0 atom stereocenters. The molecule has 1 heterocycles. The van der Waals surface area contributed by atoms with E-state index in [-0.39, 0.29) is 12.8 Å². The Morgan fingerprint density at radius 2 is 1.73 bits per heavy atom. The fourth-order valence-corrected chi connectivity index (χ4v) is 2.32. The molecule has 0 spiro atoms. The zero-order valence-corrected chi connectivity index (χ0v) is 9.80. The van der Waals surface area contributed by atoms with Crippen molar-refractivity contribution in [2.24, 2.45) is 0 Å². The van der Waals surface area contributed by atoms with Crippen LogP contribution < -0.4 is 4.90 Å². The summed E-state index contributed by atoms with van der Waals surface area (Å²) < 4.78 is 26.9. The molecule has 0 amide bonds. The molecular formula is C11H12BrF2N. The van der Waals surface area contributed by atoms with Crippen molar-refractivity contribution in [3.63, 3.8) is 0 Å². The van der Waals surface area contributed by atoms with Gasteiger partial charge in [0.1, 0.15) is 0 Å². The number of rotatable bonds is 1. The van der Waals surface area contributed by atoms with E-state index in [1.807, 2.05) is 29.2 Å². The van der Waals surface area contributed by atoms with Gasteiger partial charge in [-0.15, -0.1) is 0 Å². The molecule has 1 nitrogen and oxygen atoms in total. The van der Waals surface area contributed by atoms with Crippen LogP contribution in [-0.2, 0) is 0 Å². The van der Waals surface area contributed by atoms with Crippen LogP contribution in [0.25, 0.3) is 0 Å². The Bertz CT molecular complexity index is 344. The van der Waals surface area contributed by atoms with E-state index >= 15 is 0 Å². The first kappa shape index (κ1) is 10.9. The average molecular weight is 276 g/mol. The lowest BCUT2D eigenvalue weighted by molar-refractivity contribution is -0.0220. The number of hydrogen-bond acceptors (Lipinski definition) is 1. The summed E-state index contributed by atoms with van der Waals surface area (Å²) in [7, 11) is 0. The van der Waals surface area contributed by atoms with Crippen molar-refractivity contribution in [1.82, 2.24) is 0 Å². The Balaban J connectivity index is 2.11. The van der Waals surface area contributed by atoms with Gasteiger partial charge in [0.2, 0.25) is 0 Å². The van der Waals surface area contributed by atoms with Crippen LogP contribution in [0.4, 0.5) is 14.5 Å². The van der Waals surface area contributed by atoms with Crippen molar-refractivity contribution in [1.29, 1.82) is 0 Å². The lowest BCUT2D eigenvalue weighted by Crippen LogP contribution is -2.39. The summed E-state index contributed by atoms with van der Waals surface area (Å²) in [5.41, 5.74) is 1.01. The number of nitrogens with zero attached hydrogens (tertiary/aromatic N) is 1. The third-order valence-electron chi connectivity index (χ3n) is 2.69. The highest BCUT2D eigenvalue weighted by atomic mass is 79.9. The molecule has 0 unspecified atom stereocenters. The third kappa shape index (κ3) is 2.48. The summed E-state index contributed by atoms with van der Waals surface area (Å²) in [5.74, 6) is -2.47. The first-order chi connectivity index (χ1) is 7.08. The zero-order chi connectivity index (χ0) is 10.9.